The number of thiophene rings is 1. The Morgan fingerprint density at radius 1 is 1.22 bits per heavy atom. The van der Waals surface area contributed by atoms with Crippen LogP contribution in [-0.4, -0.2) is 25.8 Å². The fourth-order valence-corrected chi connectivity index (χ4v) is 5.22. The number of hydrogen-bond acceptors (Lipinski definition) is 4. The molecule has 1 saturated carbocycles. The molecule has 0 radical (unpaired) electrons. The lowest BCUT2D eigenvalue weighted by molar-refractivity contribution is 0.117. The van der Waals surface area contributed by atoms with Gasteiger partial charge < -0.3 is 4.57 Å². The first-order valence-electron chi connectivity index (χ1n) is 9.32. The molecule has 0 N–H and O–H groups in total. The zero-order valence-electron chi connectivity index (χ0n) is 15.1. The lowest BCUT2D eigenvalue weighted by Gasteiger charge is -2.35. The molecule has 0 unspecified atom stereocenters. The molecular formula is C20H21FN4S2. The van der Waals surface area contributed by atoms with Crippen LogP contribution in [0.2, 0.25) is 0 Å². The van der Waals surface area contributed by atoms with Crippen molar-refractivity contribution in [2.24, 2.45) is 13.0 Å². The lowest BCUT2D eigenvalue weighted by Crippen LogP contribution is -2.37. The van der Waals surface area contributed by atoms with E-state index in [4.69, 9.17) is 17.3 Å². The van der Waals surface area contributed by atoms with Gasteiger partial charge in [-0.2, -0.15) is 5.10 Å². The third-order valence-corrected chi connectivity index (χ3v) is 7.13. The summed E-state index contributed by atoms with van der Waals surface area (Å²) in [5.74, 6) is 1.29. The SMILES string of the molecule is Cn1c(-c2ccc(F)cc2)nn(CN2CCc3sccc3[C@H]2C2CC2)c1=S. The van der Waals surface area contributed by atoms with Crippen LogP contribution in [0.5, 0.6) is 0 Å². The summed E-state index contributed by atoms with van der Waals surface area (Å²) in [5, 5.41) is 7.00. The van der Waals surface area contributed by atoms with Crippen molar-refractivity contribution in [3.8, 4) is 11.4 Å². The van der Waals surface area contributed by atoms with Crippen LogP contribution in [0.15, 0.2) is 35.7 Å². The summed E-state index contributed by atoms with van der Waals surface area (Å²) < 4.78 is 17.8. The van der Waals surface area contributed by atoms with Crippen LogP contribution in [0.1, 0.15) is 29.3 Å². The van der Waals surface area contributed by atoms with E-state index in [0.717, 1.165) is 30.3 Å². The Hall–Kier alpha value is -1.83. The number of rotatable bonds is 4. The van der Waals surface area contributed by atoms with Crippen molar-refractivity contribution in [1.29, 1.82) is 0 Å². The Morgan fingerprint density at radius 3 is 2.74 bits per heavy atom. The molecule has 3 heterocycles. The Kier molecular flexibility index (Phi) is 4.26. The van der Waals surface area contributed by atoms with Crippen LogP contribution in [0.3, 0.4) is 0 Å². The van der Waals surface area contributed by atoms with Crippen LogP contribution in [0.25, 0.3) is 11.4 Å². The first-order valence-corrected chi connectivity index (χ1v) is 10.6. The van der Waals surface area contributed by atoms with E-state index in [-0.39, 0.29) is 5.82 Å². The summed E-state index contributed by atoms with van der Waals surface area (Å²) in [7, 11) is 1.93. The molecule has 1 aliphatic carbocycles. The highest BCUT2D eigenvalue weighted by molar-refractivity contribution is 7.71. The topological polar surface area (TPSA) is 26.0 Å². The number of halogens is 1. The zero-order valence-corrected chi connectivity index (χ0v) is 16.8. The highest BCUT2D eigenvalue weighted by Gasteiger charge is 2.40. The normalized spacial score (nSPS) is 20.0. The van der Waals surface area contributed by atoms with Gasteiger partial charge in [0, 0.05) is 30.1 Å². The second kappa shape index (κ2) is 6.65. The van der Waals surface area contributed by atoms with Gasteiger partial charge in [-0.1, -0.05) is 0 Å². The maximum absolute atomic E-state index is 13.3. The standard InChI is InChI=1S/C20H21FN4S2/c1-23-19(14-4-6-15(21)7-5-14)22-25(20(23)26)12-24-10-8-17-16(9-11-27-17)18(24)13-2-3-13/h4-7,9,11,13,18H,2-3,8,10,12H2,1H3/t18-/m1/s1. The van der Waals surface area contributed by atoms with E-state index in [0.29, 0.717) is 17.5 Å². The first kappa shape index (κ1) is 17.3. The summed E-state index contributed by atoms with van der Waals surface area (Å²) in [4.78, 5) is 4.07. The van der Waals surface area contributed by atoms with Gasteiger partial charge in [0.2, 0.25) is 0 Å². The summed E-state index contributed by atoms with van der Waals surface area (Å²) in [5.41, 5.74) is 2.39. The first-order chi connectivity index (χ1) is 13.1. The second-order valence-electron chi connectivity index (χ2n) is 7.46. The van der Waals surface area contributed by atoms with Crippen LogP contribution < -0.4 is 0 Å². The van der Waals surface area contributed by atoms with Crippen LogP contribution in [-0.2, 0) is 20.1 Å². The third kappa shape index (κ3) is 3.07. The quantitative estimate of drug-likeness (QED) is 0.589. The third-order valence-electron chi connectivity index (χ3n) is 5.65. The number of fused-ring (bicyclic) bond motifs is 1. The molecule has 5 rings (SSSR count). The summed E-state index contributed by atoms with van der Waals surface area (Å²) in [6.45, 7) is 1.74. The molecule has 0 bridgehead atoms. The molecule has 3 aromatic rings. The van der Waals surface area contributed by atoms with E-state index in [1.165, 1.54) is 30.5 Å². The summed E-state index contributed by atoms with van der Waals surface area (Å²) >= 11 is 7.54. The van der Waals surface area contributed by atoms with Gasteiger partial charge >= 0.3 is 0 Å². The molecule has 1 aliphatic heterocycles. The van der Waals surface area contributed by atoms with E-state index in [2.05, 4.69) is 16.3 Å². The number of benzene rings is 1. The number of aromatic nitrogens is 3. The minimum Gasteiger partial charge on any atom is -0.303 e. The molecule has 2 aromatic heterocycles. The van der Waals surface area contributed by atoms with Crippen molar-refractivity contribution in [1.82, 2.24) is 19.2 Å². The van der Waals surface area contributed by atoms with Crippen molar-refractivity contribution >= 4 is 23.6 Å². The van der Waals surface area contributed by atoms with Crippen molar-refractivity contribution in [3.63, 3.8) is 0 Å². The predicted octanol–water partition coefficient (Wildman–Crippen LogP) is 4.79. The molecule has 4 nitrogen and oxygen atoms in total. The van der Waals surface area contributed by atoms with Gasteiger partial charge in [-0.25, -0.2) is 9.07 Å². The van der Waals surface area contributed by atoms with Crippen LogP contribution in [0, 0.1) is 16.5 Å². The molecular weight excluding hydrogens is 379 g/mol. The minimum absolute atomic E-state index is 0.244. The highest BCUT2D eigenvalue weighted by Crippen LogP contribution is 2.48. The molecule has 2 aliphatic rings. The van der Waals surface area contributed by atoms with Crippen molar-refractivity contribution in [2.75, 3.05) is 6.54 Å². The van der Waals surface area contributed by atoms with Crippen LogP contribution >= 0.6 is 23.6 Å². The van der Waals surface area contributed by atoms with E-state index in [1.807, 2.05) is 27.6 Å². The van der Waals surface area contributed by atoms with Gasteiger partial charge in [-0.3, -0.25) is 4.90 Å². The van der Waals surface area contributed by atoms with E-state index >= 15 is 0 Å². The lowest BCUT2D eigenvalue weighted by atomic mass is 9.96. The maximum Gasteiger partial charge on any atom is 0.199 e. The molecule has 0 saturated heterocycles. The Bertz CT molecular complexity index is 1030. The van der Waals surface area contributed by atoms with Crippen molar-refractivity contribution < 1.29 is 4.39 Å². The fourth-order valence-electron chi connectivity index (χ4n) is 4.12. The molecule has 0 amide bonds. The van der Waals surface area contributed by atoms with Crippen molar-refractivity contribution in [2.45, 2.75) is 32.0 Å². The molecule has 7 heteroatoms. The number of hydrogen-bond donors (Lipinski definition) is 0. The molecule has 140 valence electrons. The smallest absolute Gasteiger partial charge is 0.199 e. The zero-order chi connectivity index (χ0) is 18.5. The molecule has 1 fully saturated rings. The average Bonchev–Trinajstić information content (AvgIpc) is 3.33. The van der Waals surface area contributed by atoms with Gasteiger partial charge in [0.05, 0.1) is 6.67 Å². The Balaban J connectivity index is 1.47. The molecule has 27 heavy (non-hydrogen) atoms. The van der Waals surface area contributed by atoms with Crippen molar-refractivity contribution in [3.05, 3.63) is 56.7 Å². The molecule has 1 aromatic carbocycles. The Labute approximate surface area is 166 Å². The average molecular weight is 401 g/mol. The van der Waals surface area contributed by atoms with Gasteiger partial charge in [-0.15, -0.1) is 11.3 Å². The summed E-state index contributed by atoms with van der Waals surface area (Å²) in [6, 6.07) is 9.21. The van der Waals surface area contributed by atoms with E-state index < -0.39 is 0 Å². The highest BCUT2D eigenvalue weighted by atomic mass is 32.1. The monoisotopic (exact) mass is 400 g/mol. The minimum atomic E-state index is -0.244. The largest absolute Gasteiger partial charge is 0.303 e. The van der Waals surface area contributed by atoms with Gasteiger partial charge in [0.15, 0.2) is 10.6 Å². The van der Waals surface area contributed by atoms with Gasteiger partial charge in [-0.05, 0) is 78.7 Å². The fraction of sp³-hybridized carbons (Fsp3) is 0.400. The maximum atomic E-state index is 13.3. The van der Waals surface area contributed by atoms with Gasteiger partial charge in [0.25, 0.3) is 0 Å². The number of nitrogens with zero attached hydrogens (tertiary/aromatic N) is 4. The van der Waals surface area contributed by atoms with Crippen LogP contribution in [0.4, 0.5) is 4.39 Å². The van der Waals surface area contributed by atoms with E-state index in [1.54, 1.807) is 17.0 Å². The molecule has 1 atom stereocenters. The predicted molar refractivity (Wildman–Crippen MR) is 108 cm³/mol. The van der Waals surface area contributed by atoms with Gasteiger partial charge in [0.1, 0.15) is 5.82 Å². The molecule has 0 spiro atoms. The Morgan fingerprint density at radius 2 is 2.00 bits per heavy atom. The summed E-state index contributed by atoms with van der Waals surface area (Å²) in [6.07, 6.45) is 3.72. The second-order valence-corrected chi connectivity index (χ2v) is 8.82. The van der Waals surface area contributed by atoms with E-state index in [9.17, 15) is 4.39 Å².